The van der Waals surface area contributed by atoms with Crippen molar-refractivity contribution in [2.75, 3.05) is 4.90 Å². The maximum Gasteiger partial charge on any atom is 0.314 e. The molecule has 0 saturated carbocycles. The van der Waals surface area contributed by atoms with Crippen molar-refractivity contribution in [3.63, 3.8) is 0 Å². The highest BCUT2D eigenvalue weighted by atomic mass is 16.5. The van der Waals surface area contributed by atoms with Crippen LogP contribution in [-0.2, 0) is 4.79 Å². The highest BCUT2D eigenvalue weighted by Crippen LogP contribution is 2.38. The Morgan fingerprint density at radius 2 is 1.16 bits per heavy atom. The molecule has 0 aliphatic rings. The Morgan fingerprint density at radius 3 is 1.56 bits per heavy atom. The highest BCUT2D eigenvalue weighted by Gasteiger charge is 2.36. The molecule has 3 heteroatoms. The topological polar surface area (TPSA) is 29.5 Å². The summed E-state index contributed by atoms with van der Waals surface area (Å²) < 4.78 is 5.84. The van der Waals surface area contributed by atoms with Gasteiger partial charge in [-0.1, -0.05) is 77.9 Å². The van der Waals surface area contributed by atoms with E-state index in [9.17, 15) is 4.79 Å². The number of para-hydroxylation sites is 2. The molecule has 1 unspecified atom stereocenters. The molecule has 0 heterocycles. The molecule has 0 fully saturated rings. The maximum absolute atomic E-state index is 13.1. The third kappa shape index (κ3) is 6.23. The van der Waals surface area contributed by atoms with Crippen LogP contribution in [0.5, 0.6) is 5.75 Å². The molecule has 0 aliphatic carbocycles. The minimum Gasteiger partial charge on any atom is -0.426 e. The molecule has 0 aromatic heterocycles. The zero-order chi connectivity index (χ0) is 23.4. The molecule has 0 amide bonds. The number of hydrogen-bond donors (Lipinski definition) is 0. The van der Waals surface area contributed by atoms with Crippen molar-refractivity contribution in [1.29, 1.82) is 0 Å². The van der Waals surface area contributed by atoms with E-state index in [4.69, 9.17) is 4.74 Å². The van der Waals surface area contributed by atoms with Crippen LogP contribution in [0.15, 0.2) is 84.9 Å². The van der Waals surface area contributed by atoms with Gasteiger partial charge in [0, 0.05) is 17.1 Å². The molecule has 168 valence electrons. The summed E-state index contributed by atoms with van der Waals surface area (Å²) in [4.78, 5) is 15.2. The van der Waals surface area contributed by atoms with Gasteiger partial charge in [0.1, 0.15) is 5.75 Å². The summed E-state index contributed by atoms with van der Waals surface area (Å²) in [5, 5.41) is 0. The van der Waals surface area contributed by atoms with Crippen LogP contribution in [0.4, 0.5) is 17.1 Å². The molecule has 0 bridgehead atoms. The molecule has 0 aliphatic heterocycles. The number of esters is 1. The molecule has 0 spiro atoms. The van der Waals surface area contributed by atoms with Crippen LogP contribution in [0.25, 0.3) is 0 Å². The molecule has 3 rings (SSSR count). The van der Waals surface area contributed by atoms with E-state index in [0.717, 1.165) is 23.5 Å². The van der Waals surface area contributed by atoms with Crippen LogP contribution >= 0.6 is 0 Å². The second-order valence-electron chi connectivity index (χ2n) is 10.6. The number of nitrogens with zero attached hydrogens (tertiary/aromatic N) is 1. The molecule has 1 atom stereocenters. The van der Waals surface area contributed by atoms with Crippen molar-refractivity contribution < 1.29 is 9.53 Å². The average Bonchev–Trinajstić information content (AvgIpc) is 2.74. The average molecular weight is 430 g/mol. The fourth-order valence-corrected chi connectivity index (χ4v) is 3.81. The van der Waals surface area contributed by atoms with Gasteiger partial charge in [-0.3, -0.25) is 4.79 Å². The van der Waals surface area contributed by atoms with Crippen molar-refractivity contribution >= 4 is 23.0 Å². The molecule has 3 aromatic rings. The van der Waals surface area contributed by atoms with E-state index >= 15 is 0 Å². The fourth-order valence-electron chi connectivity index (χ4n) is 3.81. The lowest BCUT2D eigenvalue weighted by Gasteiger charge is -2.33. The highest BCUT2D eigenvalue weighted by molar-refractivity contribution is 5.78. The zero-order valence-corrected chi connectivity index (χ0v) is 20.1. The SMILES string of the molecule is CC(C)(C)CC(C(=O)Oc1ccc(N(c2ccccc2)c2ccccc2)cc1)C(C)(C)C. The van der Waals surface area contributed by atoms with Crippen molar-refractivity contribution in [3.8, 4) is 5.75 Å². The summed E-state index contributed by atoms with van der Waals surface area (Å²) in [6.07, 6.45) is 0.781. The molecule has 0 N–H and O–H groups in total. The second kappa shape index (κ2) is 9.60. The standard InChI is InChI=1S/C29H35NO2/c1-28(2,3)21-26(29(4,5)6)27(31)32-25-19-17-24(18-20-25)30(22-13-9-7-10-14-22)23-15-11-8-12-16-23/h7-20,26H,21H2,1-6H3. The number of anilines is 3. The van der Waals surface area contributed by atoms with Gasteiger partial charge in [0.15, 0.2) is 0 Å². The summed E-state index contributed by atoms with van der Waals surface area (Å²) >= 11 is 0. The Labute approximate surface area is 193 Å². The summed E-state index contributed by atoms with van der Waals surface area (Å²) in [5.74, 6) is 0.235. The number of hydrogen-bond acceptors (Lipinski definition) is 3. The van der Waals surface area contributed by atoms with Gasteiger partial charge < -0.3 is 9.64 Å². The lowest BCUT2D eigenvalue weighted by atomic mass is 9.72. The molecule has 3 nitrogen and oxygen atoms in total. The Balaban J connectivity index is 1.85. The van der Waals surface area contributed by atoms with Gasteiger partial charge >= 0.3 is 5.97 Å². The first-order chi connectivity index (χ1) is 15.0. The van der Waals surface area contributed by atoms with Crippen molar-refractivity contribution in [2.24, 2.45) is 16.7 Å². The van der Waals surface area contributed by atoms with Crippen LogP contribution < -0.4 is 9.64 Å². The smallest absolute Gasteiger partial charge is 0.314 e. The fraction of sp³-hybridized carbons (Fsp3) is 0.345. The summed E-state index contributed by atoms with van der Waals surface area (Å²) in [7, 11) is 0. The molecule has 3 aromatic carbocycles. The zero-order valence-electron chi connectivity index (χ0n) is 20.1. The van der Waals surface area contributed by atoms with Gasteiger partial charge in [0.05, 0.1) is 5.92 Å². The van der Waals surface area contributed by atoms with E-state index in [0.29, 0.717) is 5.75 Å². The van der Waals surface area contributed by atoms with Crippen LogP contribution in [0.1, 0.15) is 48.0 Å². The number of carbonyl (C=O) groups excluding carboxylic acids is 1. The number of rotatable bonds is 6. The summed E-state index contributed by atoms with van der Waals surface area (Å²) in [6, 6.07) is 28.2. The molecular formula is C29H35NO2. The van der Waals surface area contributed by atoms with Gasteiger partial charge in [0.2, 0.25) is 0 Å². The molecule has 32 heavy (non-hydrogen) atoms. The third-order valence-corrected chi connectivity index (χ3v) is 5.49. The van der Waals surface area contributed by atoms with E-state index in [1.165, 1.54) is 0 Å². The Morgan fingerprint density at radius 1 is 0.719 bits per heavy atom. The van der Waals surface area contributed by atoms with Crippen LogP contribution in [0, 0.1) is 16.7 Å². The van der Waals surface area contributed by atoms with Crippen molar-refractivity contribution in [1.82, 2.24) is 0 Å². The quantitative estimate of drug-likeness (QED) is 0.292. The van der Waals surface area contributed by atoms with Gasteiger partial charge in [0.25, 0.3) is 0 Å². The van der Waals surface area contributed by atoms with Gasteiger partial charge in [-0.2, -0.15) is 0 Å². The van der Waals surface area contributed by atoms with Crippen LogP contribution in [0.2, 0.25) is 0 Å². The van der Waals surface area contributed by atoms with Gasteiger partial charge in [-0.25, -0.2) is 0 Å². The van der Waals surface area contributed by atoms with Crippen LogP contribution in [-0.4, -0.2) is 5.97 Å². The van der Waals surface area contributed by atoms with Crippen molar-refractivity contribution in [2.45, 2.75) is 48.0 Å². The minimum absolute atomic E-state index is 0.0483. The predicted octanol–water partition coefficient (Wildman–Crippen LogP) is 8.16. The summed E-state index contributed by atoms with van der Waals surface area (Å²) in [5.41, 5.74) is 3.03. The second-order valence-corrected chi connectivity index (χ2v) is 10.6. The van der Waals surface area contributed by atoms with Crippen LogP contribution in [0.3, 0.4) is 0 Å². The Hall–Kier alpha value is -3.07. The van der Waals surface area contributed by atoms with E-state index in [1.807, 2.05) is 60.7 Å². The normalized spacial score (nSPS) is 12.8. The Bertz CT molecular complexity index is 958. The molecular weight excluding hydrogens is 394 g/mol. The first-order valence-electron chi connectivity index (χ1n) is 11.3. The minimum atomic E-state index is -0.174. The first-order valence-corrected chi connectivity index (χ1v) is 11.3. The predicted molar refractivity (Wildman–Crippen MR) is 134 cm³/mol. The summed E-state index contributed by atoms with van der Waals surface area (Å²) in [6.45, 7) is 12.8. The lowest BCUT2D eigenvalue weighted by molar-refractivity contribution is -0.144. The molecule has 0 radical (unpaired) electrons. The van der Waals surface area contributed by atoms with E-state index < -0.39 is 0 Å². The number of benzene rings is 3. The van der Waals surface area contributed by atoms with E-state index in [-0.39, 0.29) is 22.7 Å². The third-order valence-electron chi connectivity index (χ3n) is 5.49. The van der Waals surface area contributed by atoms with E-state index in [1.54, 1.807) is 0 Å². The van der Waals surface area contributed by atoms with Crippen molar-refractivity contribution in [3.05, 3.63) is 84.9 Å². The first kappa shape index (κ1) is 23.6. The maximum atomic E-state index is 13.1. The monoisotopic (exact) mass is 429 g/mol. The van der Waals surface area contributed by atoms with Gasteiger partial charge in [-0.05, 0) is 65.8 Å². The van der Waals surface area contributed by atoms with Gasteiger partial charge in [-0.15, -0.1) is 0 Å². The molecule has 0 saturated heterocycles. The lowest BCUT2D eigenvalue weighted by Crippen LogP contribution is -2.35. The Kier molecular flexibility index (Phi) is 7.08. The van der Waals surface area contributed by atoms with E-state index in [2.05, 4.69) is 70.7 Å². The largest absolute Gasteiger partial charge is 0.426 e. The number of ether oxygens (including phenoxy) is 1. The number of carbonyl (C=O) groups is 1.